The molecule has 2 unspecified atom stereocenters. The number of likely N-dealkylation sites (N-methyl/N-ethyl adjacent to an activating group) is 1. The van der Waals surface area contributed by atoms with Crippen molar-refractivity contribution >= 4 is 5.78 Å². The molecule has 2 fully saturated rings. The van der Waals surface area contributed by atoms with Crippen LogP contribution in [0.15, 0.2) is 18.2 Å². The maximum Gasteiger partial charge on any atom is 0.140 e. The molecule has 0 N–H and O–H groups in total. The molecule has 0 radical (unpaired) electrons. The van der Waals surface area contributed by atoms with Gasteiger partial charge in [0, 0.05) is 30.5 Å². The third kappa shape index (κ3) is 2.99. The number of nitrogens with zero attached hydrogens (tertiary/aromatic N) is 1. The van der Waals surface area contributed by atoms with Crippen LogP contribution in [0.2, 0.25) is 0 Å². The average Bonchev–Trinajstić information content (AvgIpc) is 2.41. The Balaban J connectivity index is 1.68. The van der Waals surface area contributed by atoms with Gasteiger partial charge in [0.05, 0.1) is 13.2 Å². The van der Waals surface area contributed by atoms with Gasteiger partial charge >= 0.3 is 0 Å². The fourth-order valence-corrected chi connectivity index (χ4v) is 3.36. The molecule has 0 amide bonds. The molecule has 0 spiro atoms. The lowest BCUT2D eigenvalue weighted by Gasteiger charge is -2.46. The van der Waals surface area contributed by atoms with Crippen molar-refractivity contribution in [3.8, 4) is 0 Å². The van der Waals surface area contributed by atoms with Gasteiger partial charge in [0.25, 0.3) is 0 Å². The second-order valence-corrected chi connectivity index (χ2v) is 6.06. The number of fused-ring (bicyclic) bond motifs is 2. The lowest BCUT2D eigenvalue weighted by molar-refractivity contribution is -0.130. The van der Waals surface area contributed by atoms with Gasteiger partial charge in [-0.25, -0.2) is 8.78 Å². The predicted octanol–water partition coefficient (Wildman–Crippen LogP) is 2.19. The molecule has 0 saturated carbocycles. The zero-order valence-corrected chi connectivity index (χ0v) is 12.0. The van der Waals surface area contributed by atoms with Gasteiger partial charge in [-0.3, -0.25) is 9.69 Å². The summed E-state index contributed by atoms with van der Waals surface area (Å²) < 4.78 is 32.1. The number of piperidine rings is 1. The third-order valence-electron chi connectivity index (χ3n) is 4.72. The van der Waals surface area contributed by atoms with Crippen molar-refractivity contribution in [1.29, 1.82) is 0 Å². The lowest BCUT2D eigenvalue weighted by atomic mass is 9.81. The summed E-state index contributed by atoms with van der Waals surface area (Å²) in [5.41, 5.74) is 0.279. The van der Waals surface area contributed by atoms with E-state index in [1.807, 2.05) is 0 Å². The number of benzene rings is 1. The third-order valence-corrected chi connectivity index (χ3v) is 4.72. The standard InChI is InChI=1S/C16H19F2NO2/c1-19-13-4-11(5-14(19)9-21-8-13)16(20)6-10-2-3-12(17)7-15(10)18/h2-3,7,11,13-14H,4-6,8-9H2,1H3. The normalized spacial score (nSPS) is 29.4. The number of Topliss-reactive ketones (excluding diaryl/α,β-unsaturated/α-hetero) is 1. The summed E-state index contributed by atoms with van der Waals surface area (Å²) in [6.45, 7) is 1.31. The predicted molar refractivity (Wildman–Crippen MR) is 74.0 cm³/mol. The molecule has 114 valence electrons. The second kappa shape index (κ2) is 5.81. The molecule has 0 aromatic heterocycles. The van der Waals surface area contributed by atoms with E-state index in [4.69, 9.17) is 4.74 Å². The fraction of sp³-hybridized carbons (Fsp3) is 0.562. The number of rotatable bonds is 3. The van der Waals surface area contributed by atoms with Gasteiger partial charge in [0.2, 0.25) is 0 Å². The van der Waals surface area contributed by atoms with Crippen molar-refractivity contribution in [1.82, 2.24) is 4.90 Å². The summed E-state index contributed by atoms with van der Waals surface area (Å²) in [4.78, 5) is 14.7. The number of ether oxygens (including phenoxy) is 1. The SMILES string of the molecule is CN1C2COCC1CC(C(=O)Cc1ccc(F)cc1F)C2. The number of morpholine rings is 1. The van der Waals surface area contributed by atoms with Gasteiger partial charge in [-0.2, -0.15) is 0 Å². The van der Waals surface area contributed by atoms with Crippen LogP contribution in [0.5, 0.6) is 0 Å². The lowest BCUT2D eigenvalue weighted by Crippen LogP contribution is -2.56. The first-order valence-electron chi connectivity index (χ1n) is 7.31. The molecule has 5 heteroatoms. The van der Waals surface area contributed by atoms with Crippen molar-refractivity contribution in [2.24, 2.45) is 5.92 Å². The minimum atomic E-state index is -0.639. The number of halogens is 2. The van der Waals surface area contributed by atoms with Crippen molar-refractivity contribution in [3.05, 3.63) is 35.4 Å². The average molecular weight is 295 g/mol. The van der Waals surface area contributed by atoms with Gasteiger partial charge in [0.15, 0.2) is 0 Å². The summed E-state index contributed by atoms with van der Waals surface area (Å²) in [5.74, 6) is -1.26. The molecule has 3 rings (SSSR count). The Kier molecular flexibility index (Phi) is 4.04. The maximum atomic E-state index is 13.7. The van der Waals surface area contributed by atoms with Crippen LogP contribution in [0, 0.1) is 17.6 Å². The van der Waals surface area contributed by atoms with E-state index in [1.54, 1.807) is 0 Å². The van der Waals surface area contributed by atoms with E-state index in [9.17, 15) is 13.6 Å². The summed E-state index contributed by atoms with van der Waals surface area (Å²) in [5, 5.41) is 0. The Morgan fingerprint density at radius 2 is 1.95 bits per heavy atom. The van der Waals surface area contributed by atoms with Crippen molar-refractivity contribution in [3.63, 3.8) is 0 Å². The van der Waals surface area contributed by atoms with Crippen LogP contribution < -0.4 is 0 Å². The first-order valence-corrected chi connectivity index (χ1v) is 7.31. The highest BCUT2D eigenvalue weighted by Crippen LogP contribution is 2.31. The molecule has 1 aromatic rings. The Bertz CT molecular complexity index is 535. The number of hydrogen-bond acceptors (Lipinski definition) is 3. The molecule has 3 nitrogen and oxygen atoms in total. The number of carbonyl (C=O) groups excluding carboxylic acids is 1. The first kappa shape index (κ1) is 14.6. The zero-order chi connectivity index (χ0) is 15.0. The van der Waals surface area contributed by atoms with Crippen LogP contribution in [0.1, 0.15) is 18.4 Å². The zero-order valence-electron chi connectivity index (χ0n) is 12.0. The maximum absolute atomic E-state index is 13.7. The Morgan fingerprint density at radius 1 is 1.29 bits per heavy atom. The monoisotopic (exact) mass is 295 g/mol. The molecule has 2 atom stereocenters. The highest BCUT2D eigenvalue weighted by Gasteiger charge is 2.39. The van der Waals surface area contributed by atoms with E-state index < -0.39 is 11.6 Å². The summed E-state index contributed by atoms with van der Waals surface area (Å²) in [7, 11) is 2.07. The molecule has 2 aliphatic heterocycles. The summed E-state index contributed by atoms with van der Waals surface area (Å²) in [6.07, 6.45) is 1.56. The minimum Gasteiger partial charge on any atom is -0.378 e. The van der Waals surface area contributed by atoms with Crippen LogP contribution in [0.4, 0.5) is 8.78 Å². The van der Waals surface area contributed by atoms with Crippen LogP contribution in [0.3, 0.4) is 0 Å². The van der Waals surface area contributed by atoms with Gasteiger partial charge in [-0.05, 0) is 31.5 Å². The Labute approximate surface area is 122 Å². The highest BCUT2D eigenvalue weighted by atomic mass is 19.1. The molecular weight excluding hydrogens is 276 g/mol. The number of hydrogen-bond donors (Lipinski definition) is 0. The second-order valence-electron chi connectivity index (χ2n) is 6.06. The minimum absolute atomic E-state index is 0.0425. The van der Waals surface area contributed by atoms with E-state index in [2.05, 4.69) is 11.9 Å². The number of ketones is 1. The van der Waals surface area contributed by atoms with Crippen molar-refractivity contribution < 1.29 is 18.3 Å². The molecule has 2 saturated heterocycles. The fourth-order valence-electron chi connectivity index (χ4n) is 3.36. The van der Waals surface area contributed by atoms with Gasteiger partial charge in [-0.15, -0.1) is 0 Å². The summed E-state index contributed by atoms with van der Waals surface area (Å²) >= 11 is 0. The molecule has 2 aliphatic rings. The van der Waals surface area contributed by atoms with E-state index in [0.29, 0.717) is 13.2 Å². The van der Waals surface area contributed by atoms with E-state index in [-0.39, 0.29) is 35.8 Å². The first-order chi connectivity index (χ1) is 10.0. The number of carbonyl (C=O) groups is 1. The van der Waals surface area contributed by atoms with Crippen LogP contribution >= 0.6 is 0 Å². The van der Waals surface area contributed by atoms with Crippen LogP contribution in [-0.2, 0) is 16.0 Å². The van der Waals surface area contributed by atoms with Gasteiger partial charge < -0.3 is 4.74 Å². The van der Waals surface area contributed by atoms with Gasteiger partial charge in [0.1, 0.15) is 17.4 Å². The van der Waals surface area contributed by atoms with E-state index in [0.717, 1.165) is 18.9 Å². The van der Waals surface area contributed by atoms with Crippen LogP contribution in [-0.4, -0.2) is 43.0 Å². The van der Waals surface area contributed by atoms with Crippen molar-refractivity contribution in [2.45, 2.75) is 31.3 Å². The molecule has 2 heterocycles. The van der Waals surface area contributed by atoms with Crippen molar-refractivity contribution in [2.75, 3.05) is 20.3 Å². The summed E-state index contributed by atoms with van der Waals surface area (Å²) in [6, 6.07) is 3.93. The molecule has 2 bridgehead atoms. The smallest absolute Gasteiger partial charge is 0.140 e. The Hall–Kier alpha value is -1.33. The topological polar surface area (TPSA) is 29.5 Å². The molecule has 0 aliphatic carbocycles. The van der Waals surface area contributed by atoms with E-state index in [1.165, 1.54) is 12.1 Å². The van der Waals surface area contributed by atoms with Gasteiger partial charge in [-0.1, -0.05) is 6.07 Å². The molecule has 1 aromatic carbocycles. The highest BCUT2D eigenvalue weighted by molar-refractivity contribution is 5.83. The van der Waals surface area contributed by atoms with E-state index >= 15 is 0 Å². The quantitative estimate of drug-likeness (QED) is 0.856. The molecule has 21 heavy (non-hydrogen) atoms. The largest absolute Gasteiger partial charge is 0.378 e. The molecular formula is C16H19F2NO2. The van der Waals surface area contributed by atoms with Crippen LogP contribution in [0.25, 0.3) is 0 Å². The Morgan fingerprint density at radius 3 is 2.57 bits per heavy atom.